The second kappa shape index (κ2) is 4.16. The second-order valence-corrected chi connectivity index (χ2v) is 3.11. The van der Waals surface area contributed by atoms with Crippen LogP contribution in [0.25, 0.3) is 0 Å². The standard InChI is InChI=1S/C10H8F2O3/c1-5(13)2-6-3-9(12)7(10(14)15)4-8(6)11/h3-4H,2H2,1H3,(H,14,15). The topological polar surface area (TPSA) is 54.4 Å². The fourth-order valence-corrected chi connectivity index (χ4v) is 1.16. The number of hydrogen-bond donors (Lipinski definition) is 1. The van der Waals surface area contributed by atoms with Crippen molar-refractivity contribution >= 4 is 11.8 Å². The highest BCUT2D eigenvalue weighted by Crippen LogP contribution is 2.15. The molecular formula is C10H8F2O3. The zero-order chi connectivity index (χ0) is 11.6. The summed E-state index contributed by atoms with van der Waals surface area (Å²) in [4.78, 5) is 21.1. The Hall–Kier alpha value is -1.78. The molecule has 15 heavy (non-hydrogen) atoms. The van der Waals surface area contributed by atoms with Crippen LogP contribution in [0, 0.1) is 11.6 Å². The van der Waals surface area contributed by atoms with Crippen molar-refractivity contribution in [3.05, 3.63) is 34.9 Å². The first-order valence-electron chi connectivity index (χ1n) is 4.12. The Morgan fingerprint density at radius 2 is 1.87 bits per heavy atom. The van der Waals surface area contributed by atoms with Gasteiger partial charge in [0.1, 0.15) is 17.4 Å². The van der Waals surface area contributed by atoms with E-state index < -0.39 is 23.2 Å². The number of Topliss-reactive ketones (excluding diaryl/α,β-unsaturated/α-hetero) is 1. The van der Waals surface area contributed by atoms with Gasteiger partial charge in [-0.3, -0.25) is 4.79 Å². The molecule has 80 valence electrons. The molecule has 3 nitrogen and oxygen atoms in total. The lowest BCUT2D eigenvalue weighted by atomic mass is 10.1. The van der Waals surface area contributed by atoms with Gasteiger partial charge >= 0.3 is 5.97 Å². The Morgan fingerprint density at radius 1 is 1.27 bits per heavy atom. The Balaban J connectivity index is 3.19. The summed E-state index contributed by atoms with van der Waals surface area (Å²) in [6.07, 6.45) is -0.247. The monoisotopic (exact) mass is 214 g/mol. The normalized spacial score (nSPS) is 10.1. The number of carboxylic acids is 1. The molecule has 0 aromatic heterocycles. The minimum atomic E-state index is -1.54. The van der Waals surface area contributed by atoms with Crippen LogP contribution in [0.4, 0.5) is 8.78 Å². The van der Waals surface area contributed by atoms with Crippen molar-refractivity contribution in [1.82, 2.24) is 0 Å². The molecule has 5 heteroatoms. The van der Waals surface area contributed by atoms with E-state index in [1.165, 1.54) is 6.92 Å². The molecule has 0 spiro atoms. The highest BCUT2D eigenvalue weighted by Gasteiger charge is 2.15. The number of halogens is 2. The summed E-state index contributed by atoms with van der Waals surface area (Å²) in [6.45, 7) is 1.24. The summed E-state index contributed by atoms with van der Waals surface area (Å²) in [5.41, 5.74) is -0.871. The van der Waals surface area contributed by atoms with E-state index in [9.17, 15) is 18.4 Å². The maximum atomic E-state index is 13.2. The molecule has 0 saturated heterocycles. The van der Waals surface area contributed by atoms with E-state index >= 15 is 0 Å². The van der Waals surface area contributed by atoms with E-state index in [0.717, 1.165) is 6.07 Å². The summed E-state index contributed by atoms with van der Waals surface area (Å²) in [7, 11) is 0. The lowest BCUT2D eigenvalue weighted by molar-refractivity contribution is -0.116. The van der Waals surface area contributed by atoms with E-state index in [0.29, 0.717) is 6.07 Å². The number of carboxylic acid groups (broad SMARTS) is 1. The number of rotatable bonds is 3. The van der Waals surface area contributed by atoms with E-state index in [-0.39, 0.29) is 17.8 Å². The van der Waals surface area contributed by atoms with Gasteiger partial charge in [0.05, 0.1) is 5.56 Å². The van der Waals surface area contributed by atoms with Gasteiger partial charge in [0.25, 0.3) is 0 Å². The summed E-state index contributed by atoms with van der Waals surface area (Å²) < 4.78 is 26.2. The van der Waals surface area contributed by atoms with Crippen LogP contribution in [0.1, 0.15) is 22.8 Å². The van der Waals surface area contributed by atoms with Crippen molar-refractivity contribution in [3.63, 3.8) is 0 Å². The molecule has 1 rings (SSSR count). The van der Waals surface area contributed by atoms with Gasteiger partial charge in [-0.1, -0.05) is 0 Å². The molecule has 0 atom stereocenters. The van der Waals surface area contributed by atoms with E-state index in [1.54, 1.807) is 0 Å². The Kier molecular flexibility index (Phi) is 3.14. The average Bonchev–Trinajstić information content (AvgIpc) is 2.09. The molecule has 0 aliphatic rings. The van der Waals surface area contributed by atoms with E-state index in [2.05, 4.69) is 0 Å². The molecule has 0 amide bonds. The number of hydrogen-bond acceptors (Lipinski definition) is 2. The van der Waals surface area contributed by atoms with Crippen molar-refractivity contribution in [1.29, 1.82) is 0 Å². The lowest BCUT2D eigenvalue weighted by Gasteiger charge is -2.03. The Morgan fingerprint density at radius 3 is 2.33 bits per heavy atom. The molecule has 1 aromatic carbocycles. The van der Waals surface area contributed by atoms with Crippen LogP contribution in [0.2, 0.25) is 0 Å². The summed E-state index contributed by atoms with van der Waals surface area (Å²) in [5.74, 6) is -3.79. The van der Waals surface area contributed by atoms with Crippen LogP contribution in [0.3, 0.4) is 0 Å². The van der Waals surface area contributed by atoms with Crippen LogP contribution in [0.5, 0.6) is 0 Å². The van der Waals surface area contributed by atoms with Crippen molar-refractivity contribution < 1.29 is 23.5 Å². The molecule has 1 aromatic rings. The van der Waals surface area contributed by atoms with Crippen molar-refractivity contribution in [2.24, 2.45) is 0 Å². The summed E-state index contributed by atoms with van der Waals surface area (Å²) in [6, 6.07) is 1.32. The largest absolute Gasteiger partial charge is 0.478 e. The lowest BCUT2D eigenvalue weighted by Crippen LogP contribution is -2.06. The molecule has 0 aliphatic carbocycles. The summed E-state index contributed by atoms with van der Waals surface area (Å²) in [5, 5.41) is 8.49. The van der Waals surface area contributed by atoms with Crippen LogP contribution < -0.4 is 0 Å². The fourth-order valence-electron chi connectivity index (χ4n) is 1.16. The zero-order valence-corrected chi connectivity index (χ0v) is 7.88. The minimum Gasteiger partial charge on any atom is -0.478 e. The smallest absolute Gasteiger partial charge is 0.338 e. The van der Waals surface area contributed by atoms with Gasteiger partial charge < -0.3 is 5.11 Å². The van der Waals surface area contributed by atoms with Crippen LogP contribution in [0.15, 0.2) is 12.1 Å². The predicted octanol–water partition coefficient (Wildman–Crippen LogP) is 1.79. The van der Waals surface area contributed by atoms with Crippen molar-refractivity contribution in [2.75, 3.05) is 0 Å². The highest BCUT2D eigenvalue weighted by atomic mass is 19.1. The Labute approximate surface area is 84.3 Å². The first kappa shape index (κ1) is 11.3. The third kappa shape index (κ3) is 2.59. The van der Waals surface area contributed by atoms with Crippen LogP contribution in [-0.4, -0.2) is 16.9 Å². The van der Waals surface area contributed by atoms with Gasteiger partial charge in [-0.15, -0.1) is 0 Å². The third-order valence-electron chi connectivity index (χ3n) is 1.81. The fraction of sp³-hybridized carbons (Fsp3) is 0.200. The minimum absolute atomic E-state index is 0.134. The average molecular weight is 214 g/mol. The van der Waals surface area contributed by atoms with Gasteiger partial charge in [-0.2, -0.15) is 0 Å². The number of carbonyl (C=O) groups excluding carboxylic acids is 1. The third-order valence-corrected chi connectivity index (χ3v) is 1.81. The van der Waals surface area contributed by atoms with E-state index in [4.69, 9.17) is 5.11 Å². The maximum absolute atomic E-state index is 13.2. The molecule has 0 saturated carbocycles. The highest BCUT2D eigenvalue weighted by molar-refractivity contribution is 5.88. The zero-order valence-electron chi connectivity index (χ0n) is 7.88. The molecule has 0 heterocycles. The SMILES string of the molecule is CC(=O)Cc1cc(F)c(C(=O)O)cc1F. The number of ketones is 1. The number of carbonyl (C=O) groups is 2. The quantitative estimate of drug-likeness (QED) is 0.834. The second-order valence-electron chi connectivity index (χ2n) is 3.11. The first-order chi connectivity index (χ1) is 6.91. The first-order valence-corrected chi connectivity index (χ1v) is 4.12. The van der Waals surface area contributed by atoms with Crippen molar-refractivity contribution in [3.8, 4) is 0 Å². The van der Waals surface area contributed by atoms with Gasteiger partial charge in [0.15, 0.2) is 0 Å². The molecule has 0 radical (unpaired) electrons. The molecular weight excluding hydrogens is 206 g/mol. The molecule has 0 unspecified atom stereocenters. The van der Waals surface area contributed by atoms with Gasteiger partial charge in [-0.05, 0) is 24.6 Å². The predicted molar refractivity (Wildman–Crippen MR) is 47.7 cm³/mol. The molecule has 0 fully saturated rings. The van der Waals surface area contributed by atoms with Crippen molar-refractivity contribution in [2.45, 2.75) is 13.3 Å². The molecule has 0 bridgehead atoms. The van der Waals surface area contributed by atoms with Gasteiger partial charge in [0.2, 0.25) is 0 Å². The van der Waals surface area contributed by atoms with Gasteiger partial charge in [-0.25, -0.2) is 13.6 Å². The number of benzene rings is 1. The Bertz CT molecular complexity index is 427. The van der Waals surface area contributed by atoms with Gasteiger partial charge in [0, 0.05) is 6.42 Å². The molecule has 1 N–H and O–H groups in total. The molecule has 0 aliphatic heterocycles. The number of aromatic carboxylic acids is 1. The van der Waals surface area contributed by atoms with Crippen LogP contribution in [-0.2, 0) is 11.2 Å². The maximum Gasteiger partial charge on any atom is 0.338 e. The van der Waals surface area contributed by atoms with Crippen LogP contribution >= 0.6 is 0 Å². The summed E-state index contributed by atoms with van der Waals surface area (Å²) >= 11 is 0. The van der Waals surface area contributed by atoms with E-state index in [1.807, 2.05) is 0 Å².